The topological polar surface area (TPSA) is 62.1 Å². The average Bonchev–Trinajstić information content (AvgIpc) is 2.94. The fourth-order valence-electron chi connectivity index (χ4n) is 2.52. The van der Waals surface area contributed by atoms with Crippen molar-refractivity contribution in [2.24, 2.45) is 5.92 Å². The minimum absolute atomic E-state index is 0.201. The molecule has 2 rings (SSSR count). The summed E-state index contributed by atoms with van der Waals surface area (Å²) in [6.07, 6.45) is 3.45. The Morgan fingerprint density at radius 3 is 2.76 bits per heavy atom. The Hall–Kier alpha value is -2.02. The molecular weight excluding hydrogens is 264 g/mol. The van der Waals surface area contributed by atoms with E-state index in [-0.39, 0.29) is 5.91 Å². The molecule has 1 aliphatic rings. The van der Waals surface area contributed by atoms with Gasteiger partial charge >= 0.3 is 0 Å². The molecule has 0 unspecified atom stereocenters. The highest BCUT2D eigenvalue weighted by molar-refractivity contribution is 5.95. The predicted octanol–water partition coefficient (Wildman–Crippen LogP) is 3.29. The number of nitriles is 1. The highest BCUT2D eigenvalue weighted by atomic mass is 16.5. The summed E-state index contributed by atoms with van der Waals surface area (Å²) in [4.78, 5) is 12.3. The van der Waals surface area contributed by atoms with Crippen molar-refractivity contribution in [3.05, 3.63) is 29.8 Å². The quantitative estimate of drug-likeness (QED) is 0.903. The van der Waals surface area contributed by atoms with Crippen LogP contribution in [0.1, 0.15) is 49.9 Å². The molecule has 0 atom stereocenters. The van der Waals surface area contributed by atoms with Gasteiger partial charge in [0.15, 0.2) is 0 Å². The summed E-state index contributed by atoms with van der Waals surface area (Å²) in [7, 11) is 0. The van der Waals surface area contributed by atoms with Gasteiger partial charge in [-0.25, -0.2) is 0 Å². The zero-order valence-electron chi connectivity index (χ0n) is 12.7. The van der Waals surface area contributed by atoms with Crippen LogP contribution in [-0.4, -0.2) is 18.1 Å². The van der Waals surface area contributed by atoms with Gasteiger partial charge < -0.3 is 10.1 Å². The molecule has 1 N–H and O–H groups in total. The molecule has 0 radical (unpaired) electrons. The number of hydrogen-bond acceptors (Lipinski definition) is 3. The van der Waals surface area contributed by atoms with E-state index in [1.807, 2.05) is 6.07 Å². The molecule has 0 bridgehead atoms. The Morgan fingerprint density at radius 2 is 2.14 bits per heavy atom. The van der Waals surface area contributed by atoms with Crippen molar-refractivity contribution in [3.8, 4) is 11.8 Å². The van der Waals surface area contributed by atoms with E-state index in [1.165, 1.54) is 0 Å². The molecule has 0 aliphatic heterocycles. The molecule has 1 aromatic rings. The van der Waals surface area contributed by atoms with Crippen LogP contribution < -0.4 is 10.1 Å². The van der Waals surface area contributed by atoms with Crippen LogP contribution in [0.15, 0.2) is 24.3 Å². The minimum atomic E-state index is -0.689. The first-order valence-electron chi connectivity index (χ1n) is 7.51. The molecule has 112 valence electrons. The molecule has 1 amide bonds. The second-order valence-corrected chi connectivity index (χ2v) is 6.09. The second-order valence-electron chi connectivity index (χ2n) is 6.09. The van der Waals surface area contributed by atoms with Gasteiger partial charge in [0.1, 0.15) is 11.3 Å². The third kappa shape index (κ3) is 3.98. The van der Waals surface area contributed by atoms with E-state index in [0.717, 1.165) is 25.7 Å². The van der Waals surface area contributed by atoms with Crippen LogP contribution in [0, 0.1) is 17.2 Å². The van der Waals surface area contributed by atoms with E-state index in [2.05, 4.69) is 25.2 Å². The van der Waals surface area contributed by atoms with E-state index < -0.39 is 5.54 Å². The first kappa shape index (κ1) is 15.4. The third-order valence-corrected chi connectivity index (χ3v) is 3.70. The van der Waals surface area contributed by atoms with Gasteiger partial charge in [-0.3, -0.25) is 4.79 Å². The fourth-order valence-corrected chi connectivity index (χ4v) is 2.52. The molecule has 0 heterocycles. The van der Waals surface area contributed by atoms with E-state index in [0.29, 0.717) is 23.8 Å². The van der Waals surface area contributed by atoms with Crippen molar-refractivity contribution in [2.45, 2.75) is 45.1 Å². The Bertz CT molecular complexity index is 540. The number of hydrogen-bond donors (Lipinski definition) is 1. The summed E-state index contributed by atoms with van der Waals surface area (Å²) in [6, 6.07) is 9.40. The van der Waals surface area contributed by atoms with Crippen LogP contribution in [-0.2, 0) is 0 Å². The number of carbonyl (C=O) groups is 1. The smallest absolute Gasteiger partial charge is 0.252 e. The van der Waals surface area contributed by atoms with Crippen LogP contribution in [0.2, 0.25) is 0 Å². The maximum atomic E-state index is 12.3. The van der Waals surface area contributed by atoms with Gasteiger partial charge in [0.05, 0.1) is 12.7 Å². The summed E-state index contributed by atoms with van der Waals surface area (Å²) >= 11 is 0. The first-order valence-corrected chi connectivity index (χ1v) is 7.51. The summed E-state index contributed by atoms with van der Waals surface area (Å²) in [5, 5.41) is 12.2. The number of amides is 1. The third-order valence-electron chi connectivity index (χ3n) is 3.70. The highest BCUT2D eigenvalue weighted by Gasteiger charge is 2.35. The van der Waals surface area contributed by atoms with Crippen LogP contribution >= 0.6 is 0 Å². The maximum absolute atomic E-state index is 12.3. The van der Waals surface area contributed by atoms with Gasteiger partial charge in [-0.2, -0.15) is 5.26 Å². The predicted molar refractivity (Wildman–Crippen MR) is 81.1 cm³/mol. The molecule has 1 fully saturated rings. The molecule has 4 nitrogen and oxygen atoms in total. The summed E-state index contributed by atoms with van der Waals surface area (Å²) < 4.78 is 5.63. The van der Waals surface area contributed by atoms with Crippen molar-refractivity contribution in [1.29, 1.82) is 5.26 Å². The standard InChI is InChI=1S/C17H22N2O2/c1-13(2)11-21-15-7-5-6-14(10-15)16(20)19-17(12-18)8-3-4-9-17/h5-7,10,13H,3-4,8-9,11H2,1-2H3,(H,19,20). The molecule has 0 aromatic heterocycles. The molecule has 0 saturated heterocycles. The monoisotopic (exact) mass is 286 g/mol. The maximum Gasteiger partial charge on any atom is 0.252 e. The molecular formula is C17H22N2O2. The Morgan fingerprint density at radius 1 is 1.43 bits per heavy atom. The molecule has 0 spiro atoms. The Balaban J connectivity index is 2.05. The van der Waals surface area contributed by atoms with Gasteiger partial charge in [0, 0.05) is 5.56 Å². The zero-order valence-corrected chi connectivity index (χ0v) is 12.7. The number of benzene rings is 1. The number of ether oxygens (including phenoxy) is 1. The lowest BCUT2D eigenvalue weighted by atomic mass is 9.99. The van der Waals surface area contributed by atoms with Crippen molar-refractivity contribution < 1.29 is 9.53 Å². The van der Waals surface area contributed by atoms with E-state index in [4.69, 9.17) is 4.74 Å². The minimum Gasteiger partial charge on any atom is -0.493 e. The van der Waals surface area contributed by atoms with Crippen LogP contribution in [0.5, 0.6) is 5.75 Å². The van der Waals surface area contributed by atoms with Gasteiger partial charge in [0.25, 0.3) is 5.91 Å². The number of nitrogens with zero attached hydrogens (tertiary/aromatic N) is 1. The van der Waals surface area contributed by atoms with Crippen LogP contribution in [0.25, 0.3) is 0 Å². The van der Waals surface area contributed by atoms with E-state index in [9.17, 15) is 10.1 Å². The second kappa shape index (κ2) is 6.62. The molecule has 21 heavy (non-hydrogen) atoms. The average molecular weight is 286 g/mol. The number of carbonyl (C=O) groups excluding carboxylic acids is 1. The van der Waals surface area contributed by atoms with E-state index >= 15 is 0 Å². The van der Waals surface area contributed by atoms with Gasteiger partial charge in [-0.1, -0.05) is 19.9 Å². The number of rotatable bonds is 5. The van der Waals surface area contributed by atoms with Gasteiger partial charge in [-0.15, -0.1) is 0 Å². The lowest BCUT2D eigenvalue weighted by Gasteiger charge is -2.22. The normalized spacial score (nSPS) is 16.5. The van der Waals surface area contributed by atoms with Gasteiger partial charge in [0.2, 0.25) is 0 Å². The lowest BCUT2D eigenvalue weighted by molar-refractivity contribution is 0.0920. The van der Waals surface area contributed by atoms with Crippen LogP contribution in [0.4, 0.5) is 0 Å². The van der Waals surface area contributed by atoms with E-state index in [1.54, 1.807) is 18.2 Å². The zero-order chi connectivity index (χ0) is 15.3. The van der Waals surface area contributed by atoms with Gasteiger partial charge in [-0.05, 0) is 49.8 Å². The summed E-state index contributed by atoms with van der Waals surface area (Å²) in [5.74, 6) is 0.921. The summed E-state index contributed by atoms with van der Waals surface area (Å²) in [5.41, 5.74) is -0.149. The van der Waals surface area contributed by atoms with Crippen molar-refractivity contribution >= 4 is 5.91 Å². The Labute approximate surface area is 126 Å². The molecule has 1 saturated carbocycles. The number of nitrogens with one attached hydrogen (secondary N) is 1. The fraction of sp³-hybridized carbons (Fsp3) is 0.529. The Kier molecular flexibility index (Phi) is 4.85. The van der Waals surface area contributed by atoms with Crippen molar-refractivity contribution in [1.82, 2.24) is 5.32 Å². The SMILES string of the molecule is CC(C)COc1cccc(C(=O)NC2(C#N)CCCC2)c1. The first-order chi connectivity index (χ1) is 10.0. The molecule has 4 heteroatoms. The molecule has 1 aromatic carbocycles. The van der Waals surface area contributed by atoms with Crippen LogP contribution in [0.3, 0.4) is 0 Å². The van der Waals surface area contributed by atoms with Crippen molar-refractivity contribution in [3.63, 3.8) is 0 Å². The highest BCUT2D eigenvalue weighted by Crippen LogP contribution is 2.29. The summed E-state index contributed by atoms with van der Waals surface area (Å²) in [6.45, 7) is 4.77. The molecule has 1 aliphatic carbocycles. The lowest BCUT2D eigenvalue weighted by Crippen LogP contribution is -2.45. The largest absolute Gasteiger partial charge is 0.493 e. The van der Waals surface area contributed by atoms with Crippen molar-refractivity contribution in [2.75, 3.05) is 6.61 Å².